The second-order valence-electron chi connectivity index (χ2n) is 13.1. The lowest BCUT2D eigenvalue weighted by Gasteiger charge is -2.55. The largest absolute Gasteiger partial charge is 0.481 e. The third-order valence-electron chi connectivity index (χ3n) is 10.7. The number of para-hydroxylation sites is 2. The second-order valence-corrected chi connectivity index (χ2v) is 13.1. The minimum atomic E-state index is -0.703. The Bertz CT molecular complexity index is 1100. The van der Waals surface area contributed by atoms with Crippen LogP contribution in [0.5, 0.6) is 0 Å². The van der Waals surface area contributed by atoms with Gasteiger partial charge in [0.25, 0.3) is 0 Å². The van der Waals surface area contributed by atoms with Crippen molar-refractivity contribution >= 4 is 17.0 Å². The lowest BCUT2D eigenvalue weighted by atomic mass is 9.73. The fourth-order valence-electron chi connectivity index (χ4n) is 9.21. The molecule has 5 fully saturated rings. The number of rotatable bonds is 6. The van der Waals surface area contributed by atoms with Crippen molar-refractivity contribution < 1.29 is 9.90 Å². The molecular weight excluding hydrogens is 460 g/mol. The highest BCUT2D eigenvalue weighted by atomic mass is 16.4. The number of benzene rings is 1. The van der Waals surface area contributed by atoms with Gasteiger partial charge in [0.05, 0.1) is 17.5 Å². The van der Waals surface area contributed by atoms with Crippen molar-refractivity contribution in [1.29, 1.82) is 0 Å². The molecule has 1 N–H and O–H groups in total. The summed E-state index contributed by atoms with van der Waals surface area (Å²) in [6.45, 7) is 2.53. The summed E-state index contributed by atoms with van der Waals surface area (Å²) in [5.41, 5.74) is 2.44. The van der Waals surface area contributed by atoms with Gasteiger partial charge >= 0.3 is 5.97 Å². The molecule has 1 aromatic carbocycles. The summed E-state index contributed by atoms with van der Waals surface area (Å²) in [5.74, 6) is 2.94. The van der Waals surface area contributed by atoms with E-state index in [0.717, 1.165) is 48.6 Å². The summed E-state index contributed by atoms with van der Waals surface area (Å²) in [6, 6.07) is 11.6. The zero-order valence-corrected chi connectivity index (χ0v) is 22.3. The van der Waals surface area contributed by atoms with Crippen LogP contribution < -0.4 is 0 Å². The summed E-state index contributed by atoms with van der Waals surface area (Å²) in [5, 5.41) is 9.08. The van der Waals surface area contributed by atoms with Gasteiger partial charge < -0.3 is 14.6 Å². The predicted molar refractivity (Wildman–Crippen MR) is 146 cm³/mol. The molecule has 37 heavy (non-hydrogen) atoms. The van der Waals surface area contributed by atoms with Gasteiger partial charge in [-0.1, -0.05) is 44.2 Å². The number of carbonyl (C=O) groups is 1. The molecular formula is C31H44N4O2. The molecule has 4 heterocycles. The Kier molecular flexibility index (Phi) is 6.52. The van der Waals surface area contributed by atoms with Gasteiger partial charge in [0, 0.05) is 49.7 Å². The standard InChI is InChI=1S/C31H44N4O2/c36-30(37)12-13-33-19-23(20-33)31-32-28-10-3-4-11-29(28)35(31)27-17-24-8-5-9-25(18-27)34(24)26-15-21-6-1-2-7-22(14-21)16-26/h3-4,10-11,21-27H,1-2,5-9,12-20H2,(H,36,37). The fourth-order valence-corrected chi connectivity index (χ4v) is 9.21. The average molecular weight is 505 g/mol. The van der Waals surface area contributed by atoms with Gasteiger partial charge in [-0.3, -0.25) is 9.69 Å². The van der Waals surface area contributed by atoms with Crippen molar-refractivity contribution in [3.8, 4) is 0 Å². The predicted octanol–water partition coefficient (Wildman–Crippen LogP) is 5.83. The zero-order valence-electron chi connectivity index (χ0n) is 22.3. The highest BCUT2D eigenvalue weighted by Gasteiger charge is 2.46. The SMILES string of the molecule is O=C(O)CCN1CC(c2nc3ccccc3n2C2CC3CCCC(C2)N3C2CC3CCCCC(C3)C2)C1. The number of aliphatic carboxylic acids is 1. The molecule has 7 rings (SSSR count). The van der Waals surface area contributed by atoms with E-state index in [0.29, 0.717) is 18.5 Å². The molecule has 4 unspecified atom stereocenters. The van der Waals surface area contributed by atoms with E-state index in [1.54, 1.807) is 0 Å². The molecule has 0 radical (unpaired) electrons. The molecule has 0 spiro atoms. The van der Waals surface area contributed by atoms with Crippen molar-refractivity contribution in [2.45, 2.75) is 114 Å². The van der Waals surface area contributed by atoms with Crippen LogP contribution in [0, 0.1) is 11.8 Å². The molecule has 3 saturated heterocycles. The summed E-state index contributed by atoms with van der Waals surface area (Å²) >= 11 is 0. The number of carboxylic acids is 1. The summed E-state index contributed by atoms with van der Waals surface area (Å²) < 4.78 is 2.65. The van der Waals surface area contributed by atoms with Crippen LogP contribution in [-0.4, -0.2) is 68.2 Å². The van der Waals surface area contributed by atoms with Crippen molar-refractivity contribution in [2.75, 3.05) is 19.6 Å². The Hall–Kier alpha value is -1.92. The van der Waals surface area contributed by atoms with Gasteiger partial charge in [0.15, 0.2) is 0 Å². The van der Waals surface area contributed by atoms with Crippen molar-refractivity contribution in [3.05, 3.63) is 30.1 Å². The molecule has 4 bridgehead atoms. The molecule has 6 heteroatoms. The Morgan fingerprint density at radius 3 is 2.24 bits per heavy atom. The van der Waals surface area contributed by atoms with Gasteiger partial charge in [-0.25, -0.2) is 4.98 Å². The van der Waals surface area contributed by atoms with Gasteiger partial charge in [-0.05, 0) is 68.9 Å². The van der Waals surface area contributed by atoms with E-state index in [1.165, 1.54) is 88.4 Å². The molecule has 0 amide bonds. The van der Waals surface area contributed by atoms with Crippen molar-refractivity contribution in [2.24, 2.45) is 11.8 Å². The van der Waals surface area contributed by atoms with Crippen LogP contribution in [0.4, 0.5) is 0 Å². The Morgan fingerprint density at radius 2 is 1.54 bits per heavy atom. The smallest absolute Gasteiger partial charge is 0.304 e. The first-order chi connectivity index (χ1) is 18.1. The van der Waals surface area contributed by atoms with Gasteiger partial charge in [-0.2, -0.15) is 0 Å². The van der Waals surface area contributed by atoms with Crippen LogP contribution in [0.2, 0.25) is 0 Å². The summed E-state index contributed by atoms with van der Waals surface area (Å²) in [6.07, 6.45) is 17.2. The summed E-state index contributed by atoms with van der Waals surface area (Å²) in [4.78, 5) is 21.6. The maximum atomic E-state index is 11.0. The van der Waals surface area contributed by atoms with Gasteiger partial charge in [-0.15, -0.1) is 0 Å². The van der Waals surface area contributed by atoms with E-state index in [2.05, 4.69) is 38.6 Å². The molecule has 2 saturated carbocycles. The van der Waals surface area contributed by atoms with Crippen LogP contribution in [0.25, 0.3) is 11.0 Å². The monoisotopic (exact) mass is 504 g/mol. The lowest BCUT2D eigenvalue weighted by Crippen LogP contribution is -2.58. The Labute approximate surface area is 221 Å². The van der Waals surface area contributed by atoms with E-state index >= 15 is 0 Å². The number of fused-ring (bicyclic) bond motifs is 5. The minimum Gasteiger partial charge on any atom is -0.481 e. The topological polar surface area (TPSA) is 61.6 Å². The minimum absolute atomic E-state index is 0.230. The molecule has 5 aliphatic rings. The molecule has 3 aliphatic heterocycles. The zero-order chi connectivity index (χ0) is 24.9. The van der Waals surface area contributed by atoms with Gasteiger partial charge in [0.2, 0.25) is 0 Å². The highest BCUT2D eigenvalue weighted by molar-refractivity contribution is 5.76. The Balaban J connectivity index is 1.13. The first-order valence-corrected chi connectivity index (χ1v) is 15.3. The van der Waals surface area contributed by atoms with E-state index in [9.17, 15) is 4.79 Å². The molecule has 4 atom stereocenters. The maximum Gasteiger partial charge on any atom is 0.304 e. The van der Waals surface area contributed by atoms with Crippen LogP contribution in [0.3, 0.4) is 0 Å². The molecule has 200 valence electrons. The lowest BCUT2D eigenvalue weighted by molar-refractivity contribution is -0.137. The Morgan fingerprint density at radius 1 is 0.838 bits per heavy atom. The third kappa shape index (κ3) is 4.63. The third-order valence-corrected chi connectivity index (χ3v) is 10.7. The normalized spacial score (nSPS) is 35.2. The number of piperidine rings is 2. The van der Waals surface area contributed by atoms with Crippen LogP contribution in [0.1, 0.15) is 101 Å². The van der Waals surface area contributed by atoms with E-state index in [1.807, 2.05) is 0 Å². The molecule has 2 aromatic rings. The van der Waals surface area contributed by atoms with Crippen LogP contribution in [0.15, 0.2) is 24.3 Å². The van der Waals surface area contributed by atoms with Crippen LogP contribution in [-0.2, 0) is 4.79 Å². The molecule has 1 aromatic heterocycles. The number of likely N-dealkylation sites (tertiary alicyclic amines) is 1. The number of nitrogens with zero attached hydrogens (tertiary/aromatic N) is 4. The number of hydrogen-bond donors (Lipinski definition) is 1. The van der Waals surface area contributed by atoms with Crippen molar-refractivity contribution in [3.63, 3.8) is 0 Å². The van der Waals surface area contributed by atoms with Crippen LogP contribution >= 0.6 is 0 Å². The number of carboxylic acid groups (broad SMARTS) is 1. The number of hydrogen-bond acceptors (Lipinski definition) is 4. The van der Waals surface area contributed by atoms with Gasteiger partial charge in [0.1, 0.15) is 5.82 Å². The number of aromatic nitrogens is 2. The van der Waals surface area contributed by atoms with E-state index < -0.39 is 5.97 Å². The molecule has 2 aliphatic carbocycles. The average Bonchev–Trinajstić information content (AvgIpc) is 3.14. The highest BCUT2D eigenvalue weighted by Crippen LogP contribution is 2.48. The molecule has 6 nitrogen and oxygen atoms in total. The van der Waals surface area contributed by atoms with E-state index in [-0.39, 0.29) is 6.42 Å². The quantitative estimate of drug-likeness (QED) is 0.537. The first kappa shape index (κ1) is 24.1. The fraction of sp³-hybridized carbons (Fsp3) is 0.742. The van der Waals surface area contributed by atoms with E-state index in [4.69, 9.17) is 10.1 Å². The summed E-state index contributed by atoms with van der Waals surface area (Å²) in [7, 11) is 0. The number of imidazole rings is 1. The van der Waals surface area contributed by atoms with Crippen molar-refractivity contribution in [1.82, 2.24) is 19.4 Å². The maximum absolute atomic E-state index is 11.0. The first-order valence-electron chi connectivity index (χ1n) is 15.3. The second kappa shape index (κ2) is 10.00.